The minimum absolute atomic E-state index is 0.0902. The van der Waals surface area contributed by atoms with Crippen LogP contribution in [-0.2, 0) is 0 Å². The van der Waals surface area contributed by atoms with E-state index in [-0.39, 0.29) is 5.78 Å². The largest absolute Gasteiger partial charge is 0.289 e. The molecule has 2 nitrogen and oxygen atoms in total. The van der Waals surface area contributed by atoms with E-state index >= 15 is 0 Å². The first-order valence-electron chi connectivity index (χ1n) is 5.79. The summed E-state index contributed by atoms with van der Waals surface area (Å²) in [6.45, 7) is 3.99. The summed E-state index contributed by atoms with van der Waals surface area (Å²) in [4.78, 5) is 12.2. The van der Waals surface area contributed by atoms with Crippen LogP contribution in [0.1, 0.15) is 27.0 Å². The molecule has 0 aliphatic carbocycles. The summed E-state index contributed by atoms with van der Waals surface area (Å²) in [5, 5.41) is 8.63. The van der Waals surface area contributed by atoms with Crippen molar-refractivity contribution in [1.82, 2.24) is 0 Å². The molecule has 96 valence electrons. The lowest BCUT2D eigenvalue weighted by molar-refractivity contribution is 0.103. The fraction of sp³-hybridized carbons (Fsp3) is 0.125. The third-order valence-electron chi connectivity index (χ3n) is 2.56. The van der Waals surface area contributed by atoms with Crippen molar-refractivity contribution in [2.45, 2.75) is 13.8 Å². The normalized spacial score (nSPS) is 8.95. The lowest BCUT2D eigenvalue weighted by Gasteiger charge is -2.03. The van der Waals surface area contributed by atoms with Gasteiger partial charge in [-0.2, -0.15) is 5.26 Å². The highest BCUT2D eigenvalue weighted by Gasteiger charge is 2.08. The molecule has 0 radical (unpaired) electrons. The third-order valence-corrected chi connectivity index (χ3v) is 2.56. The van der Waals surface area contributed by atoms with Crippen molar-refractivity contribution in [3.05, 3.63) is 70.8 Å². The van der Waals surface area contributed by atoms with Crippen LogP contribution in [-0.4, -0.2) is 5.78 Å². The quantitative estimate of drug-likeness (QED) is 0.510. The highest BCUT2D eigenvalue weighted by Crippen LogP contribution is 2.12. The van der Waals surface area contributed by atoms with E-state index in [1.165, 1.54) is 5.40 Å². The van der Waals surface area contributed by atoms with Crippen LogP contribution in [0.25, 0.3) is 0 Å². The molecule has 0 aliphatic rings. The predicted molar refractivity (Wildman–Crippen MR) is 80.4 cm³/mol. The van der Waals surface area contributed by atoms with Gasteiger partial charge < -0.3 is 0 Å². The average Bonchev–Trinajstić information content (AvgIpc) is 2.39. The Bertz CT molecular complexity index is 567. The topological polar surface area (TPSA) is 40.9 Å². The molecule has 0 spiro atoms. The van der Waals surface area contributed by atoms with Crippen LogP contribution in [0.3, 0.4) is 0 Å². The number of hydrogen-bond acceptors (Lipinski definition) is 3. The maximum atomic E-state index is 12.2. The zero-order valence-corrected chi connectivity index (χ0v) is 11.8. The maximum Gasteiger partial charge on any atom is 0.193 e. The van der Waals surface area contributed by atoms with Crippen molar-refractivity contribution in [3.63, 3.8) is 0 Å². The number of thiocyanates is 1. The van der Waals surface area contributed by atoms with Crippen LogP contribution in [0.15, 0.2) is 48.5 Å². The van der Waals surface area contributed by atoms with E-state index < -0.39 is 0 Å². The van der Waals surface area contributed by atoms with Crippen molar-refractivity contribution in [2.24, 2.45) is 0 Å². The molecule has 0 fully saturated rings. The Kier molecular flexibility index (Phi) is 5.84. The number of thiol groups is 1. The number of carbonyl (C=O) groups excluding carboxylic acids is 1. The van der Waals surface area contributed by atoms with Gasteiger partial charge in [0, 0.05) is 11.1 Å². The third kappa shape index (κ3) is 4.61. The fourth-order valence-electron chi connectivity index (χ4n) is 1.74. The summed E-state index contributed by atoms with van der Waals surface area (Å²) in [6.07, 6.45) is 0. The van der Waals surface area contributed by atoms with Crippen LogP contribution < -0.4 is 0 Å². The van der Waals surface area contributed by atoms with Crippen molar-refractivity contribution in [3.8, 4) is 5.40 Å². The number of carbonyl (C=O) groups is 1. The molecule has 0 heterocycles. The maximum absolute atomic E-state index is 12.2. The van der Waals surface area contributed by atoms with E-state index in [0.717, 1.165) is 22.3 Å². The molecule has 0 unspecified atom stereocenters. The standard InChI is InChI=1S/C15H14O.CHNS/c1-11-5-3-7-13(9-11)15(16)14-8-4-6-12(2)10-14;2-1-3/h3-10H,1-2H3;3H. The first kappa shape index (κ1) is 15.0. The molecule has 0 bridgehead atoms. The summed E-state index contributed by atoms with van der Waals surface area (Å²) >= 11 is 3.09. The predicted octanol–water partition coefficient (Wildman–Crippen LogP) is 3.93. The number of rotatable bonds is 2. The van der Waals surface area contributed by atoms with Crippen molar-refractivity contribution in [2.75, 3.05) is 0 Å². The number of ketones is 1. The van der Waals surface area contributed by atoms with Gasteiger partial charge in [-0.3, -0.25) is 4.79 Å². The lowest BCUT2D eigenvalue weighted by atomic mass is 10.0. The summed E-state index contributed by atoms with van der Waals surface area (Å²) in [5.74, 6) is 0.0902. The van der Waals surface area contributed by atoms with Crippen molar-refractivity contribution >= 4 is 18.4 Å². The zero-order valence-electron chi connectivity index (χ0n) is 10.9. The van der Waals surface area contributed by atoms with E-state index in [0.29, 0.717) is 0 Å². The molecule has 0 amide bonds. The van der Waals surface area contributed by atoms with Gasteiger partial charge in [-0.05, 0) is 26.0 Å². The molecule has 0 aliphatic heterocycles. The molecule has 0 N–H and O–H groups in total. The summed E-state index contributed by atoms with van der Waals surface area (Å²) in [6, 6.07) is 15.4. The van der Waals surface area contributed by atoms with Gasteiger partial charge in [0.1, 0.15) is 5.40 Å². The van der Waals surface area contributed by atoms with Crippen molar-refractivity contribution < 1.29 is 4.79 Å². The number of nitrogens with zero attached hydrogens (tertiary/aromatic N) is 1. The highest BCUT2D eigenvalue weighted by molar-refractivity contribution is 7.85. The monoisotopic (exact) mass is 269 g/mol. The summed E-state index contributed by atoms with van der Waals surface area (Å²) < 4.78 is 0. The minimum Gasteiger partial charge on any atom is -0.289 e. The van der Waals surface area contributed by atoms with Crippen LogP contribution in [0, 0.1) is 24.5 Å². The van der Waals surface area contributed by atoms with Crippen LogP contribution in [0.4, 0.5) is 0 Å². The molecule has 3 heteroatoms. The molecule has 19 heavy (non-hydrogen) atoms. The smallest absolute Gasteiger partial charge is 0.193 e. The number of aryl methyl sites for hydroxylation is 2. The molecule has 0 saturated carbocycles. The Hall–Kier alpha value is -2.05. The second-order valence-electron chi connectivity index (χ2n) is 4.17. The van der Waals surface area contributed by atoms with Crippen LogP contribution in [0.5, 0.6) is 0 Å². The number of benzene rings is 2. The second-order valence-corrected chi connectivity index (χ2v) is 4.37. The Balaban J connectivity index is 0.000000550. The molecule has 2 aromatic rings. The molecular formula is C16H15NOS. The lowest BCUT2D eigenvalue weighted by Crippen LogP contribution is -2.01. The zero-order chi connectivity index (χ0) is 14.3. The Morgan fingerprint density at radius 1 is 1.00 bits per heavy atom. The SMILES string of the molecule is Cc1cccc(C(=O)c2cccc(C)c2)c1.N#CS. The highest BCUT2D eigenvalue weighted by atomic mass is 32.1. The van der Waals surface area contributed by atoms with Crippen molar-refractivity contribution in [1.29, 1.82) is 5.26 Å². The average molecular weight is 269 g/mol. The van der Waals surface area contributed by atoms with E-state index in [2.05, 4.69) is 12.6 Å². The first-order chi connectivity index (χ1) is 9.08. The Labute approximate surface area is 119 Å². The second kappa shape index (κ2) is 7.40. The minimum atomic E-state index is 0.0902. The Morgan fingerprint density at radius 3 is 1.68 bits per heavy atom. The van der Waals surface area contributed by atoms with Crippen LogP contribution in [0.2, 0.25) is 0 Å². The number of nitriles is 1. The molecule has 0 aromatic heterocycles. The van der Waals surface area contributed by atoms with E-state index in [1.807, 2.05) is 62.4 Å². The molecular weight excluding hydrogens is 254 g/mol. The van der Waals surface area contributed by atoms with Gasteiger partial charge in [-0.25, -0.2) is 0 Å². The Morgan fingerprint density at radius 2 is 1.37 bits per heavy atom. The van der Waals surface area contributed by atoms with Gasteiger partial charge in [0.15, 0.2) is 5.78 Å². The van der Waals surface area contributed by atoms with Gasteiger partial charge in [-0.15, -0.1) is 0 Å². The van der Waals surface area contributed by atoms with Gasteiger partial charge in [-0.1, -0.05) is 60.2 Å². The summed E-state index contributed by atoms with van der Waals surface area (Å²) in [7, 11) is 0. The van der Waals surface area contributed by atoms with Gasteiger partial charge in [0.2, 0.25) is 0 Å². The van der Waals surface area contributed by atoms with Gasteiger partial charge >= 0.3 is 0 Å². The first-order valence-corrected chi connectivity index (χ1v) is 6.24. The van der Waals surface area contributed by atoms with Gasteiger partial charge in [0.25, 0.3) is 0 Å². The van der Waals surface area contributed by atoms with E-state index in [1.54, 1.807) is 0 Å². The van der Waals surface area contributed by atoms with Gasteiger partial charge in [0.05, 0.1) is 0 Å². The molecule has 0 atom stereocenters. The summed E-state index contributed by atoms with van der Waals surface area (Å²) in [5.41, 5.74) is 3.73. The fourth-order valence-corrected chi connectivity index (χ4v) is 1.74. The molecule has 2 aromatic carbocycles. The number of hydrogen-bond donors (Lipinski definition) is 1. The van der Waals surface area contributed by atoms with Crippen LogP contribution >= 0.6 is 12.6 Å². The van der Waals surface area contributed by atoms with E-state index in [9.17, 15) is 4.79 Å². The molecule has 0 saturated heterocycles. The molecule has 2 rings (SSSR count). The van der Waals surface area contributed by atoms with E-state index in [4.69, 9.17) is 5.26 Å².